The topological polar surface area (TPSA) is 29.5 Å². The quantitative estimate of drug-likeness (QED) is 0.818. The molecule has 1 fully saturated rings. The van der Waals surface area contributed by atoms with Crippen LogP contribution in [0.15, 0.2) is 24.3 Å². The Kier molecular flexibility index (Phi) is 4.50. The van der Waals surface area contributed by atoms with Crippen molar-refractivity contribution in [2.75, 3.05) is 26.3 Å². The minimum Gasteiger partial charge on any atom is -0.379 e. The number of nitrogens with zero attached hydrogens (tertiary/aromatic N) is 1. The molecule has 0 N–H and O–H groups in total. The molecular weight excluding hydrogens is 226 g/mol. The van der Waals surface area contributed by atoms with Gasteiger partial charge in [-0.1, -0.05) is 24.3 Å². The first-order valence-electron chi connectivity index (χ1n) is 6.55. The van der Waals surface area contributed by atoms with Crippen molar-refractivity contribution >= 4 is 5.78 Å². The van der Waals surface area contributed by atoms with Gasteiger partial charge in [0.1, 0.15) is 5.78 Å². The monoisotopic (exact) mass is 247 g/mol. The summed E-state index contributed by atoms with van der Waals surface area (Å²) >= 11 is 0. The lowest BCUT2D eigenvalue weighted by Gasteiger charge is -2.35. The van der Waals surface area contributed by atoms with Crippen LogP contribution in [-0.2, 0) is 9.53 Å². The third-order valence-corrected chi connectivity index (χ3v) is 3.51. The van der Waals surface area contributed by atoms with Gasteiger partial charge >= 0.3 is 0 Å². The molecule has 0 bridgehead atoms. The summed E-state index contributed by atoms with van der Waals surface area (Å²) in [4.78, 5) is 13.9. The van der Waals surface area contributed by atoms with Crippen molar-refractivity contribution in [3.63, 3.8) is 0 Å². The van der Waals surface area contributed by atoms with Crippen molar-refractivity contribution in [1.82, 2.24) is 4.90 Å². The number of carbonyl (C=O) groups is 1. The van der Waals surface area contributed by atoms with Crippen LogP contribution in [0.1, 0.15) is 30.5 Å². The molecule has 0 spiro atoms. The standard InChI is InChI=1S/C15H21NO2/c1-12-5-3-4-6-14(12)15(11-13(2)17)16-7-9-18-10-8-16/h3-6,15H,7-11H2,1-2H3. The van der Waals surface area contributed by atoms with Crippen LogP contribution in [-0.4, -0.2) is 37.0 Å². The molecule has 3 nitrogen and oxygen atoms in total. The number of aryl methyl sites for hydroxylation is 1. The molecule has 3 heteroatoms. The highest BCUT2D eigenvalue weighted by Crippen LogP contribution is 2.27. The highest BCUT2D eigenvalue weighted by atomic mass is 16.5. The van der Waals surface area contributed by atoms with E-state index in [4.69, 9.17) is 4.74 Å². The molecule has 1 saturated heterocycles. The molecule has 18 heavy (non-hydrogen) atoms. The van der Waals surface area contributed by atoms with E-state index < -0.39 is 0 Å². The van der Waals surface area contributed by atoms with Crippen molar-refractivity contribution in [2.24, 2.45) is 0 Å². The zero-order valence-corrected chi connectivity index (χ0v) is 11.2. The Bertz CT molecular complexity index is 411. The van der Waals surface area contributed by atoms with Gasteiger partial charge < -0.3 is 4.74 Å². The molecule has 1 aliphatic rings. The predicted molar refractivity (Wildman–Crippen MR) is 71.6 cm³/mol. The second-order valence-corrected chi connectivity index (χ2v) is 4.93. The van der Waals surface area contributed by atoms with Crippen LogP contribution in [0.2, 0.25) is 0 Å². The third-order valence-electron chi connectivity index (χ3n) is 3.51. The van der Waals surface area contributed by atoms with E-state index in [-0.39, 0.29) is 11.8 Å². The molecular formula is C15H21NO2. The molecule has 0 aliphatic carbocycles. The molecule has 0 aromatic heterocycles. The zero-order chi connectivity index (χ0) is 13.0. The van der Waals surface area contributed by atoms with Crippen LogP contribution in [0.3, 0.4) is 0 Å². The molecule has 0 saturated carbocycles. The van der Waals surface area contributed by atoms with Gasteiger partial charge in [0.25, 0.3) is 0 Å². The number of benzene rings is 1. The Morgan fingerprint density at radius 1 is 1.33 bits per heavy atom. The van der Waals surface area contributed by atoms with Crippen molar-refractivity contribution in [3.8, 4) is 0 Å². The van der Waals surface area contributed by atoms with Crippen molar-refractivity contribution < 1.29 is 9.53 Å². The number of ether oxygens (including phenoxy) is 1. The maximum Gasteiger partial charge on any atom is 0.131 e. The van der Waals surface area contributed by atoms with Crippen LogP contribution >= 0.6 is 0 Å². The Labute approximate surface area is 109 Å². The van der Waals surface area contributed by atoms with E-state index in [2.05, 4.69) is 30.0 Å². The van der Waals surface area contributed by atoms with Gasteiger partial charge in [0.2, 0.25) is 0 Å². The fourth-order valence-corrected chi connectivity index (χ4v) is 2.56. The molecule has 98 valence electrons. The summed E-state index contributed by atoms with van der Waals surface area (Å²) in [5.41, 5.74) is 2.53. The SMILES string of the molecule is CC(=O)CC(c1ccccc1C)N1CCOCC1. The number of morpholine rings is 1. The number of Topliss-reactive ketones (excluding diaryl/α,β-unsaturated/α-hetero) is 1. The number of carbonyl (C=O) groups excluding carboxylic acids is 1. The number of hydrogen-bond donors (Lipinski definition) is 0. The molecule has 0 radical (unpaired) electrons. The van der Waals surface area contributed by atoms with Crippen LogP contribution in [0.5, 0.6) is 0 Å². The zero-order valence-electron chi connectivity index (χ0n) is 11.2. The van der Waals surface area contributed by atoms with E-state index in [1.807, 2.05) is 6.07 Å². The second kappa shape index (κ2) is 6.12. The predicted octanol–water partition coefficient (Wildman–Crippen LogP) is 2.35. The Morgan fingerprint density at radius 2 is 2.00 bits per heavy atom. The molecule has 1 aromatic carbocycles. The van der Waals surface area contributed by atoms with Crippen molar-refractivity contribution in [3.05, 3.63) is 35.4 Å². The maximum atomic E-state index is 11.5. The summed E-state index contributed by atoms with van der Waals surface area (Å²) in [6.45, 7) is 7.13. The molecule has 1 aliphatic heterocycles. The van der Waals surface area contributed by atoms with Gasteiger partial charge in [0.05, 0.1) is 13.2 Å². The van der Waals surface area contributed by atoms with Crippen LogP contribution in [0, 0.1) is 6.92 Å². The van der Waals surface area contributed by atoms with Gasteiger partial charge in [-0.3, -0.25) is 9.69 Å². The normalized spacial score (nSPS) is 18.6. The molecule has 0 amide bonds. The second-order valence-electron chi connectivity index (χ2n) is 4.93. The van der Waals surface area contributed by atoms with E-state index >= 15 is 0 Å². The smallest absolute Gasteiger partial charge is 0.131 e. The van der Waals surface area contributed by atoms with E-state index in [1.54, 1.807) is 6.92 Å². The van der Waals surface area contributed by atoms with Gasteiger partial charge in [-0.2, -0.15) is 0 Å². The summed E-state index contributed by atoms with van der Waals surface area (Å²) in [6, 6.07) is 8.55. The number of ketones is 1. The molecule has 1 atom stereocenters. The van der Waals surface area contributed by atoms with Gasteiger partial charge in [-0.15, -0.1) is 0 Å². The summed E-state index contributed by atoms with van der Waals surface area (Å²) < 4.78 is 5.39. The average Bonchev–Trinajstić information content (AvgIpc) is 2.38. The third kappa shape index (κ3) is 3.18. The van der Waals surface area contributed by atoms with Crippen molar-refractivity contribution in [1.29, 1.82) is 0 Å². The van der Waals surface area contributed by atoms with Crippen molar-refractivity contribution in [2.45, 2.75) is 26.3 Å². The fraction of sp³-hybridized carbons (Fsp3) is 0.533. The summed E-state index contributed by atoms with van der Waals surface area (Å²) in [6.07, 6.45) is 0.588. The first-order valence-corrected chi connectivity index (χ1v) is 6.55. The van der Waals surface area contributed by atoms with Crippen LogP contribution in [0.25, 0.3) is 0 Å². The van der Waals surface area contributed by atoms with Crippen LogP contribution < -0.4 is 0 Å². The molecule has 2 rings (SSSR count). The molecule has 1 unspecified atom stereocenters. The largest absolute Gasteiger partial charge is 0.379 e. The summed E-state index contributed by atoms with van der Waals surface area (Å²) in [5, 5.41) is 0. The molecule has 1 aromatic rings. The van der Waals surface area contributed by atoms with Gasteiger partial charge in [-0.05, 0) is 25.0 Å². The lowest BCUT2D eigenvalue weighted by atomic mass is 9.95. The lowest BCUT2D eigenvalue weighted by molar-refractivity contribution is -0.118. The fourth-order valence-electron chi connectivity index (χ4n) is 2.56. The van der Waals surface area contributed by atoms with E-state index in [0.29, 0.717) is 6.42 Å². The van der Waals surface area contributed by atoms with Gasteiger partial charge in [0.15, 0.2) is 0 Å². The Morgan fingerprint density at radius 3 is 2.61 bits per heavy atom. The first kappa shape index (κ1) is 13.2. The highest BCUT2D eigenvalue weighted by Gasteiger charge is 2.24. The Hall–Kier alpha value is -1.19. The maximum absolute atomic E-state index is 11.5. The van der Waals surface area contributed by atoms with E-state index in [1.165, 1.54) is 11.1 Å². The van der Waals surface area contributed by atoms with Gasteiger partial charge in [0, 0.05) is 25.6 Å². The number of rotatable bonds is 4. The highest BCUT2D eigenvalue weighted by molar-refractivity contribution is 5.76. The minimum absolute atomic E-state index is 0.201. The summed E-state index contributed by atoms with van der Waals surface area (Å²) in [5.74, 6) is 0.245. The number of hydrogen-bond acceptors (Lipinski definition) is 3. The van der Waals surface area contributed by atoms with E-state index in [0.717, 1.165) is 26.3 Å². The van der Waals surface area contributed by atoms with Gasteiger partial charge in [-0.25, -0.2) is 0 Å². The van der Waals surface area contributed by atoms with Crippen LogP contribution in [0.4, 0.5) is 0 Å². The molecule has 1 heterocycles. The lowest BCUT2D eigenvalue weighted by Crippen LogP contribution is -2.40. The average molecular weight is 247 g/mol. The Balaban J connectivity index is 2.24. The summed E-state index contributed by atoms with van der Waals surface area (Å²) in [7, 11) is 0. The minimum atomic E-state index is 0.201. The first-order chi connectivity index (χ1) is 8.68. The van der Waals surface area contributed by atoms with E-state index in [9.17, 15) is 4.79 Å².